The molecule has 3 aromatic rings. The fourth-order valence-corrected chi connectivity index (χ4v) is 3.32. The van der Waals surface area contributed by atoms with Crippen molar-refractivity contribution in [2.75, 3.05) is 17.6 Å². The van der Waals surface area contributed by atoms with Crippen LogP contribution in [0.2, 0.25) is 5.02 Å². The molecule has 3 rings (SSSR count). The molecular formula is C24H26ClFN4O2S. The van der Waals surface area contributed by atoms with Crippen LogP contribution in [0.15, 0.2) is 60.7 Å². The predicted molar refractivity (Wildman–Crippen MR) is 133 cm³/mol. The summed E-state index contributed by atoms with van der Waals surface area (Å²) < 4.78 is 19.2. The summed E-state index contributed by atoms with van der Waals surface area (Å²) in [6.45, 7) is 2.24. The molecule has 0 aliphatic rings. The molecule has 2 atom stereocenters. The number of carbonyl (C=O) groups is 1. The fraction of sp³-hybridized carbons (Fsp3) is 0.250. The summed E-state index contributed by atoms with van der Waals surface area (Å²) in [7, 11) is 0. The molecule has 2 aromatic carbocycles. The average Bonchev–Trinajstić information content (AvgIpc) is 2.82. The van der Waals surface area contributed by atoms with Gasteiger partial charge in [-0.15, -0.1) is 0 Å². The Morgan fingerprint density at radius 3 is 2.67 bits per heavy atom. The van der Waals surface area contributed by atoms with E-state index in [1.54, 1.807) is 6.92 Å². The van der Waals surface area contributed by atoms with Crippen LogP contribution >= 0.6 is 24.2 Å². The van der Waals surface area contributed by atoms with Gasteiger partial charge in [0.25, 0.3) is 5.91 Å². The minimum absolute atomic E-state index is 0.144. The number of amides is 1. The molecule has 1 amide bonds. The first-order valence-corrected chi connectivity index (χ1v) is 11.4. The van der Waals surface area contributed by atoms with E-state index in [9.17, 15) is 9.18 Å². The van der Waals surface area contributed by atoms with Gasteiger partial charge < -0.3 is 21.1 Å². The Hall–Kier alpha value is -2.81. The molecule has 1 heterocycles. The average molecular weight is 489 g/mol. The minimum atomic E-state index is -0.846. The van der Waals surface area contributed by atoms with Crippen LogP contribution in [0.1, 0.15) is 12.5 Å². The minimum Gasteiger partial charge on any atom is -0.463 e. The summed E-state index contributed by atoms with van der Waals surface area (Å²) in [5.74, 6) is 0.00281. The van der Waals surface area contributed by atoms with Crippen LogP contribution in [0.5, 0.6) is 5.88 Å². The molecule has 0 spiro atoms. The molecule has 4 N–H and O–H groups in total. The highest BCUT2D eigenvalue weighted by Gasteiger charge is 2.19. The summed E-state index contributed by atoms with van der Waals surface area (Å²) in [4.78, 5) is 17.3. The van der Waals surface area contributed by atoms with Gasteiger partial charge in [-0.05, 0) is 36.8 Å². The van der Waals surface area contributed by atoms with Crippen LogP contribution in [0.25, 0.3) is 11.3 Å². The normalized spacial score (nSPS) is 12.6. The maximum absolute atomic E-state index is 13.2. The van der Waals surface area contributed by atoms with Gasteiger partial charge in [0.15, 0.2) is 6.10 Å². The topological polar surface area (TPSA) is 89.3 Å². The van der Waals surface area contributed by atoms with Gasteiger partial charge in [-0.2, -0.15) is 12.6 Å². The zero-order valence-electron chi connectivity index (χ0n) is 18.1. The van der Waals surface area contributed by atoms with Crippen molar-refractivity contribution < 1.29 is 13.9 Å². The SMILES string of the molecule is CC(Oc1nc(-c2ccccc2)ccc1NCC(N)CS)C(=O)NCc1ccc(F)cc1Cl. The quantitative estimate of drug-likeness (QED) is 0.320. The van der Waals surface area contributed by atoms with Crippen molar-refractivity contribution in [2.45, 2.75) is 25.6 Å². The Bertz CT molecular complexity index is 1090. The van der Waals surface area contributed by atoms with Crippen LogP contribution in [-0.2, 0) is 11.3 Å². The lowest BCUT2D eigenvalue weighted by atomic mass is 10.1. The second-order valence-electron chi connectivity index (χ2n) is 7.45. The number of hydrogen-bond acceptors (Lipinski definition) is 6. The Morgan fingerprint density at radius 2 is 1.97 bits per heavy atom. The molecule has 0 fully saturated rings. The van der Waals surface area contributed by atoms with E-state index in [0.717, 1.165) is 5.56 Å². The number of nitrogens with zero attached hydrogens (tertiary/aromatic N) is 1. The number of halogens is 2. The number of nitrogens with two attached hydrogens (primary N) is 1. The number of anilines is 1. The summed E-state index contributed by atoms with van der Waals surface area (Å²) in [6, 6.07) is 17.2. The van der Waals surface area contributed by atoms with Gasteiger partial charge in [-0.1, -0.05) is 48.0 Å². The lowest BCUT2D eigenvalue weighted by Gasteiger charge is -2.19. The molecule has 0 aliphatic heterocycles. The summed E-state index contributed by atoms with van der Waals surface area (Å²) >= 11 is 10.2. The Kier molecular flexibility index (Phi) is 8.94. The third-order valence-corrected chi connectivity index (χ3v) is 5.67. The Labute approximate surface area is 203 Å². The van der Waals surface area contributed by atoms with Crippen molar-refractivity contribution in [3.05, 3.63) is 77.1 Å². The highest BCUT2D eigenvalue weighted by Crippen LogP contribution is 2.28. The fourth-order valence-electron chi connectivity index (χ4n) is 2.95. The monoisotopic (exact) mass is 488 g/mol. The number of rotatable bonds is 10. The van der Waals surface area contributed by atoms with Crippen molar-refractivity contribution in [1.29, 1.82) is 0 Å². The second kappa shape index (κ2) is 11.9. The molecule has 9 heteroatoms. The Balaban J connectivity index is 1.74. The van der Waals surface area contributed by atoms with Gasteiger partial charge in [0.1, 0.15) is 5.82 Å². The maximum atomic E-state index is 13.2. The van der Waals surface area contributed by atoms with Gasteiger partial charge in [0, 0.05) is 35.5 Å². The highest BCUT2D eigenvalue weighted by molar-refractivity contribution is 7.80. The van der Waals surface area contributed by atoms with E-state index >= 15 is 0 Å². The van der Waals surface area contributed by atoms with Crippen LogP contribution in [0.4, 0.5) is 10.1 Å². The molecule has 0 saturated heterocycles. The number of ether oxygens (including phenoxy) is 1. The number of benzene rings is 2. The predicted octanol–water partition coefficient (Wildman–Crippen LogP) is 4.29. The van der Waals surface area contributed by atoms with E-state index in [-0.39, 0.29) is 29.4 Å². The zero-order chi connectivity index (χ0) is 23.8. The molecule has 174 valence electrons. The standard InChI is InChI=1S/C24H26ClFN4O2S/c1-15(23(31)29-12-17-7-8-18(26)11-20(17)25)32-24-22(28-13-19(27)14-33)10-9-21(30-24)16-5-3-2-4-6-16/h2-11,15,19,28,33H,12-14,27H2,1H3,(H,29,31). The third-order valence-electron chi connectivity index (χ3n) is 4.84. The van der Waals surface area contributed by atoms with Gasteiger partial charge in [0.2, 0.25) is 5.88 Å². The molecule has 6 nitrogen and oxygen atoms in total. The number of thiol groups is 1. The van der Waals surface area contributed by atoms with Crippen molar-refractivity contribution in [3.8, 4) is 17.1 Å². The molecule has 2 unspecified atom stereocenters. The van der Waals surface area contributed by atoms with E-state index in [0.29, 0.717) is 29.2 Å². The first-order valence-electron chi connectivity index (χ1n) is 10.4. The van der Waals surface area contributed by atoms with Gasteiger partial charge in [-0.3, -0.25) is 4.79 Å². The van der Waals surface area contributed by atoms with Crippen molar-refractivity contribution in [2.24, 2.45) is 5.73 Å². The van der Waals surface area contributed by atoms with Gasteiger partial charge in [-0.25, -0.2) is 9.37 Å². The Morgan fingerprint density at radius 1 is 1.21 bits per heavy atom. The lowest BCUT2D eigenvalue weighted by Crippen LogP contribution is -2.36. The summed E-state index contributed by atoms with van der Waals surface area (Å²) in [6.07, 6.45) is -0.846. The lowest BCUT2D eigenvalue weighted by molar-refractivity contribution is -0.127. The number of nitrogens with one attached hydrogen (secondary N) is 2. The van der Waals surface area contributed by atoms with E-state index in [2.05, 4.69) is 28.2 Å². The van der Waals surface area contributed by atoms with Gasteiger partial charge >= 0.3 is 0 Å². The highest BCUT2D eigenvalue weighted by atomic mass is 35.5. The first kappa shape index (κ1) is 24.8. The molecule has 0 radical (unpaired) electrons. The molecule has 0 aliphatic carbocycles. The third kappa shape index (κ3) is 7.08. The smallest absolute Gasteiger partial charge is 0.261 e. The summed E-state index contributed by atoms with van der Waals surface area (Å²) in [5, 5.41) is 6.21. The second-order valence-corrected chi connectivity index (χ2v) is 8.22. The molecule has 1 aromatic heterocycles. The number of aromatic nitrogens is 1. The van der Waals surface area contributed by atoms with E-state index in [1.807, 2.05) is 42.5 Å². The molecule has 0 saturated carbocycles. The zero-order valence-corrected chi connectivity index (χ0v) is 19.7. The van der Waals surface area contributed by atoms with Crippen LogP contribution in [0.3, 0.4) is 0 Å². The molecule has 0 bridgehead atoms. The van der Waals surface area contributed by atoms with Crippen LogP contribution < -0.4 is 21.1 Å². The summed E-state index contributed by atoms with van der Waals surface area (Å²) in [5.41, 5.74) is 8.81. The van der Waals surface area contributed by atoms with Crippen molar-refractivity contribution >= 4 is 35.8 Å². The molecule has 33 heavy (non-hydrogen) atoms. The van der Waals surface area contributed by atoms with Crippen molar-refractivity contribution in [1.82, 2.24) is 10.3 Å². The largest absolute Gasteiger partial charge is 0.463 e. The number of pyridine rings is 1. The van der Waals surface area contributed by atoms with E-state index in [1.165, 1.54) is 18.2 Å². The molecular weight excluding hydrogens is 463 g/mol. The van der Waals surface area contributed by atoms with E-state index in [4.69, 9.17) is 22.1 Å². The van der Waals surface area contributed by atoms with Crippen LogP contribution in [-0.4, -0.2) is 35.3 Å². The van der Waals surface area contributed by atoms with Crippen LogP contribution in [0, 0.1) is 5.82 Å². The first-order chi connectivity index (χ1) is 15.9. The van der Waals surface area contributed by atoms with Gasteiger partial charge in [0.05, 0.1) is 11.4 Å². The van der Waals surface area contributed by atoms with Crippen molar-refractivity contribution in [3.63, 3.8) is 0 Å². The number of carbonyl (C=O) groups excluding carboxylic acids is 1. The van der Waals surface area contributed by atoms with E-state index < -0.39 is 11.9 Å². The maximum Gasteiger partial charge on any atom is 0.261 e. The number of hydrogen-bond donors (Lipinski definition) is 4.